The van der Waals surface area contributed by atoms with E-state index < -0.39 is 5.92 Å². The van der Waals surface area contributed by atoms with Gasteiger partial charge < -0.3 is 10.2 Å². The Bertz CT molecular complexity index is 644. The third kappa shape index (κ3) is 2.46. The van der Waals surface area contributed by atoms with Gasteiger partial charge in [-0.3, -0.25) is 9.69 Å². The van der Waals surface area contributed by atoms with Crippen molar-refractivity contribution < 1.29 is 4.79 Å². The van der Waals surface area contributed by atoms with Gasteiger partial charge in [-0.25, -0.2) is 0 Å². The van der Waals surface area contributed by atoms with E-state index in [2.05, 4.69) is 28.4 Å². The monoisotopic (exact) mass is 296 g/mol. The van der Waals surface area contributed by atoms with Gasteiger partial charge in [0.2, 0.25) is 5.91 Å². The lowest BCUT2D eigenvalue weighted by Crippen LogP contribution is -2.50. The van der Waals surface area contributed by atoms with Crippen LogP contribution in [0.15, 0.2) is 41.7 Å². The summed E-state index contributed by atoms with van der Waals surface area (Å²) < 4.78 is 0. The molecule has 5 nitrogen and oxygen atoms in total. The van der Waals surface area contributed by atoms with E-state index in [0.717, 1.165) is 25.3 Å². The molecule has 0 radical (unpaired) electrons. The fraction of sp³-hybridized carbons (Fsp3) is 0.412. The summed E-state index contributed by atoms with van der Waals surface area (Å²) in [5.41, 5.74) is 2.38. The number of likely N-dealkylation sites (tertiary alicyclic amines) is 1. The number of carbonyl (C=O) groups excluding carboxylic acids is 1. The van der Waals surface area contributed by atoms with Gasteiger partial charge in [-0.15, -0.1) is 0 Å². The molecule has 1 saturated heterocycles. The zero-order valence-corrected chi connectivity index (χ0v) is 12.9. The Labute approximate surface area is 130 Å². The van der Waals surface area contributed by atoms with Crippen LogP contribution in [0.3, 0.4) is 0 Å². The highest BCUT2D eigenvalue weighted by atomic mass is 16.2. The van der Waals surface area contributed by atoms with Crippen LogP contribution in [0.25, 0.3) is 0 Å². The minimum absolute atomic E-state index is 0.114. The van der Waals surface area contributed by atoms with Crippen molar-refractivity contribution in [1.82, 2.24) is 15.1 Å². The first-order valence-electron chi connectivity index (χ1n) is 7.50. The van der Waals surface area contributed by atoms with Crippen molar-refractivity contribution in [2.75, 3.05) is 20.6 Å². The molecule has 1 fully saturated rings. The fourth-order valence-corrected chi connectivity index (χ4v) is 3.38. The Morgan fingerprint density at radius 3 is 2.73 bits per heavy atom. The summed E-state index contributed by atoms with van der Waals surface area (Å²) in [6.45, 7) is 1.64. The van der Waals surface area contributed by atoms with Gasteiger partial charge in [0, 0.05) is 27.2 Å². The number of fused-ring (bicyclic) bond motifs is 1. The van der Waals surface area contributed by atoms with Gasteiger partial charge in [0.25, 0.3) is 0 Å². The molecular weight excluding hydrogens is 276 g/mol. The van der Waals surface area contributed by atoms with E-state index in [9.17, 15) is 10.1 Å². The topological polar surface area (TPSA) is 59.4 Å². The second kappa shape index (κ2) is 5.82. The molecule has 1 N–H and O–H groups in total. The molecule has 0 spiro atoms. The van der Waals surface area contributed by atoms with Gasteiger partial charge in [0.05, 0.1) is 12.1 Å². The van der Waals surface area contributed by atoms with Crippen LogP contribution in [0.4, 0.5) is 0 Å². The molecule has 2 aliphatic rings. The number of benzene rings is 1. The second-order valence-electron chi connectivity index (χ2n) is 6.02. The molecule has 114 valence electrons. The third-order valence-electron chi connectivity index (χ3n) is 4.38. The van der Waals surface area contributed by atoms with Crippen molar-refractivity contribution in [3.05, 3.63) is 47.3 Å². The van der Waals surface area contributed by atoms with Crippen molar-refractivity contribution in [3.8, 4) is 6.07 Å². The first-order chi connectivity index (χ1) is 10.6. The maximum Gasteiger partial charge on any atom is 0.244 e. The molecule has 2 heterocycles. The molecular formula is C17H20N4O. The molecule has 0 aliphatic carbocycles. The van der Waals surface area contributed by atoms with Crippen LogP contribution in [0.2, 0.25) is 0 Å². The predicted octanol–water partition coefficient (Wildman–Crippen LogP) is 1.30. The van der Waals surface area contributed by atoms with Crippen molar-refractivity contribution in [1.29, 1.82) is 5.26 Å². The maximum absolute atomic E-state index is 12.3. The smallest absolute Gasteiger partial charge is 0.244 e. The van der Waals surface area contributed by atoms with Crippen LogP contribution in [0.5, 0.6) is 0 Å². The first-order valence-corrected chi connectivity index (χ1v) is 7.50. The quantitative estimate of drug-likeness (QED) is 0.913. The molecule has 0 aromatic heterocycles. The number of rotatable bonds is 3. The summed E-state index contributed by atoms with van der Waals surface area (Å²) in [6, 6.07) is 12.3. The summed E-state index contributed by atoms with van der Waals surface area (Å²) in [5, 5.41) is 12.3. The minimum atomic E-state index is -0.634. The van der Waals surface area contributed by atoms with Crippen LogP contribution in [0, 0.1) is 17.2 Å². The highest BCUT2D eigenvalue weighted by molar-refractivity contribution is 5.85. The summed E-state index contributed by atoms with van der Waals surface area (Å²) in [7, 11) is 3.85. The molecule has 0 bridgehead atoms. The lowest BCUT2D eigenvalue weighted by atomic mass is 9.90. The van der Waals surface area contributed by atoms with E-state index in [0.29, 0.717) is 0 Å². The van der Waals surface area contributed by atoms with Gasteiger partial charge in [-0.05, 0) is 17.6 Å². The summed E-state index contributed by atoms with van der Waals surface area (Å²) in [4.78, 5) is 16.4. The second-order valence-corrected chi connectivity index (χ2v) is 6.02. The number of hydrogen-bond donors (Lipinski definition) is 1. The van der Waals surface area contributed by atoms with Crippen LogP contribution in [0.1, 0.15) is 12.0 Å². The number of amides is 1. The SMILES string of the molecule is CN(C)C1=C2CCN(Cc3ccccc3)C2C(C#N)C(=O)N1. The summed E-state index contributed by atoms with van der Waals surface area (Å²) >= 11 is 0. The van der Waals surface area contributed by atoms with Gasteiger partial charge >= 0.3 is 0 Å². The molecule has 2 aliphatic heterocycles. The van der Waals surface area contributed by atoms with Gasteiger partial charge in [0.1, 0.15) is 11.7 Å². The molecule has 22 heavy (non-hydrogen) atoms. The van der Waals surface area contributed by atoms with Gasteiger partial charge in [0.15, 0.2) is 0 Å². The highest BCUT2D eigenvalue weighted by Crippen LogP contribution is 2.35. The molecule has 2 atom stereocenters. The predicted molar refractivity (Wildman–Crippen MR) is 83.2 cm³/mol. The first kappa shape index (κ1) is 14.6. The molecule has 3 rings (SSSR count). The fourth-order valence-electron chi connectivity index (χ4n) is 3.38. The normalized spacial score (nSPS) is 24.7. The largest absolute Gasteiger partial charge is 0.364 e. The number of nitrogens with one attached hydrogen (secondary N) is 1. The number of nitrogens with zero attached hydrogens (tertiary/aromatic N) is 3. The highest BCUT2D eigenvalue weighted by Gasteiger charge is 2.44. The van der Waals surface area contributed by atoms with Gasteiger partial charge in [-0.1, -0.05) is 30.3 Å². The molecule has 2 unspecified atom stereocenters. The minimum Gasteiger partial charge on any atom is -0.364 e. The summed E-state index contributed by atoms with van der Waals surface area (Å²) in [5.74, 6) is 0.0295. The molecule has 1 aromatic rings. The Hall–Kier alpha value is -2.32. The summed E-state index contributed by atoms with van der Waals surface area (Å²) in [6.07, 6.45) is 0.892. The Morgan fingerprint density at radius 2 is 2.09 bits per heavy atom. The van der Waals surface area contributed by atoms with E-state index >= 15 is 0 Å². The average molecular weight is 296 g/mol. The van der Waals surface area contributed by atoms with Crippen molar-refractivity contribution in [2.24, 2.45) is 5.92 Å². The zero-order chi connectivity index (χ0) is 15.7. The molecule has 0 saturated carbocycles. The molecule has 1 aromatic carbocycles. The van der Waals surface area contributed by atoms with Crippen LogP contribution < -0.4 is 5.32 Å². The van der Waals surface area contributed by atoms with E-state index in [1.54, 1.807) is 0 Å². The molecule has 1 amide bonds. The lowest BCUT2D eigenvalue weighted by molar-refractivity contribution is -0.125. The number of carbonyl (C=O) groups is 1. The Kier molecular flexibility index (Phi) is 3.86. The number of hydrogen-bond acceptors (Lipinski definition) is 4. The standard InChI is InChI=1S/C17H20N4O/c1-20(2)16-13-8-9-21(11-12-6-4-3-5-7-12)15(13)14(10-18)17(22)19-16/h3-7,14-15H,8-9,11H2,1-2H3,(H,19,22). The van der Waals surface area contributed by atoms with Crippen LogP contribution >= 0.6 is 0 Å². The van der Waals surface area contributed by atoms with Crippen LogP contribution in [-0.4, -0.2) is 42.4 Å². The van der Waals surface area contributed by atoms with E-state index in [1.807, 2.05) is 37.2 Å². The lowest BCUT2D eigenvalue weighted by Gasteiger charge is -2.35. The average Bonchev–Trinajstić information content (AvgIpc) is 2.91. The van der Waals surface area contributed by atoms with Crippen LogP contribution in [-0.2, 0) is 11.3 Å². The van der Waals surface area contributed by atoms with Gasteiger partial charge in [-0.2, -0.15) is 5.26 Å². The van der Waals surface area contributed by atoms with Crippen molar-refractivity contribution >= 4 is 5.91 Å². The third-order valence-corrected chi connectivity index (χ3v) is 4.38. The van der Waals surface area contributed by atoms with E-state index in [1.165, 1.54) is 11.1 Å². The zero-order valence-electron chi connectivity index (χ0n) is 12.9. The number of nitriles is 1. The van der Waals surface area contributed by atoms with E-state index in [-0.39, 0.29) is 11.9 Å². The molecule has 5 heteroatoms. The van der Waals surface area contributed by atoms with Crippen molar-refractivity contribution in [2.45, 2.75) is 19.0 Å². The van der Waals surface area contributed by atoms with Crippen molar-refractivity contribution in [3.63, 3.8) is 0 Å². The Morgan fingerprint density at radius 1 is 1.36 bits per heavy atom. The van der Waals surface area contributed by atoms with E-state index in [4.69, 9.17) is 0 Å². The Balaban J connectivity index is 1.94. The maximum atomic E-state index is 12.3.